The van der Waals surface area contributed by atoms with Crippen molar-refractivity contribution in [3.05, 3.63) is 35.6 Å². The van der Waals surface area contributed by atoms with Crippen LogP contribution in [0.5, 0.6) is 0 Å². The highest BCUT2D eigenvalue weighted by molar-refractivity contribution is 5.19. The first kappa shape index (κ1) is 9.62. The predicted octanol–water partition coefficient (Wildman–Crippen LogP) is 1.45. The van der Waals surface area contributed by atoms with Crippen molar-refractivity contribution in [1.82, 2.24) is 10.6 Å². The van der Waals surface area contributed by atoms with Crippen LogP contribution in [0, 0.1) is 5.82 Å². The van der Waals surface area contributed by atoms with E-state index in [9.17, 15) is 4.39 Å². The number of hydrogen-bond donors (Lipinski definition) is 2. The molecule has 1 heterocycles. The molecule has 1 aliphatic heterocycles. The minimum absolute atomic E-state index is 0.164. The summed E-state index contributed by atoms with van der Waals surface area (Å²) in [7, 11) is 0. The Morgan fingerprint density at radius 1 is 1.50 bits per heavy atom. The molecule has 1 aliphatic rings. The molecule has 0 aromatic heterocycles. The third-order valence-electron chi connectivity index (χ3n) is 2.62. The third kappa shape index (κ3) is 2.11. The van der Waals surface area contributed by atoms with Gasteiger partial charge < -0.3 is 10.6 Å². The largest absolute Gasteiger partial charge is 0.314 e. The molecule has 2 nitrogen and oxygen atoms in total. The van der Waals surface area contributed by atoms with E-state index in [1.54, 1.807) is 12.1 Å². The smallest absolute Gasteiger partial charge is 0.123 e. The maximum atomic E-state index is 12.9. The predicted molar refractivity (Wildman–Crippen MR) is 54.6 cm³/mol. The molecule has 1 aromatic carbocycles. The lowest BCUT2D eigenvalue weighted by molar-refractivity contribution is 0.338. The van der Waals surface area contributed by atoms with E-state index in [1.807, 2.05) is 6.07 Å². The highest BCUT2D eigenvalue weighted by Crippen LogP contribution is 2.14. The van der Waals surface area contributed by atoms with Crippen LogP contribution in [-0.4, -0.2) is 19.1 Å². The molecule has 0 unspecified atom stereocenters. The molecular weight excluding hydrogens is 179 g/mol. The van der Waals surface area contributed by atoms with Gasteiger partial charge in [-0.25, -0.2) is 4.39 Å². The quantitative estimate of drug-likeness (QED) is 0.761. The van der Waals surface area contributed by atoms with Gasteiger partial charge in [-0.1, -0.05) is 12.1 Å². The summed E-state index contributed by atoms with van der Waals surface area (Å²) in [6.45, 7) is 4.09. The number of hydrogen-bond acceptors (Lipinski definition) is 2. The summed E-state index contributed by atoms with van der Waals surface area (Å²) in [6.07, 6.45) is 0. The van der Waals surface area contributed by atoms with Crippen molar-refractivity contribution < 1.29 is 4.39 Å². The summed E-state index contributed by atoms with van der Waals surface area (Å²) in [5.74, 6) is -0.164. The van der Waals surface area contributed by atoms with E-state index in [-0.39, 0.29) is 11.9 Å². The summed E-state index contributed by atoms with van der Waals surface area (Å²) >= 11 is 0. The van der Waals surface area contributed by atoms with E-state index in [0.29, 0.717) is 6.04 Å². The zero-order chi connectivity index (χ0) is 9.97. The number of nitrogens with one attached hydrogen (secondary N) is 2. The van der Waals surface area contributed by atoms with Gasteiger partial charge >= 0.3 is 0 Å². The van der Waals surface area contributed by atoms with Crippen LogP contribution in [-0.2, 0) is 0 Å². The molecule has 1 fully saturated rings. The molecule has 1 saturated heterocycles. The molecule has 14 heavy (non-hydrogen) atoms. The van der Waals surface area contributed by atoms with Crippen LogP contribution < -0.4 is 10.6 Å². The van der Waals surface area contributed by atoms with Gasteiger partial charge in [-0.05, 0) is 24.6 Å². The van der Waals surface area contributed by atoms with Gasteiger partial charge in [0.15, 0.2) is 0 Å². The molecule has 0 saturated carbocycles. The van der Waals surface area contributed by atoms with Gasteiger partial charge in [0.25, 0.3) is 0 Å². The summed E-state index contributed by atoms with van der Waals surface area (Å²) in [5.41, 5.74) is 1.01. The fraction of sp³-hybridized carbons (Fsp3) is 0.455. The van der Waals surface area contributed by atoms with E-state index >= 15 is 0 Å². The maximum absolute atomic E-state index is 12.9. The molecule has 2 N–H and O–H groups in total. The van der Waals surface area contributed by atoms with Gasteiger partial charge in [-0.2, -0.15) is 0 Å². The van der Waals surface area contributed by atoms with Crippen LogP contribution in [0.4, 0.5) is 4.39 Å². The lowest BCUT2D eigenvalue weighted by Crippen LogP contribution is -2.55. The fourth-order valence-corrected chi connectivity index (χ4v) is 1.63. The van der Waals surface area contributed by atoms with Crippen LogP contribution in [0.25, 0.3) is 0 Å². The Morgan fingerprint density at radius 3 is 2.86 bits per heavy atom. The topological polar surface area (TPSA) is 24.1 Å². The van der Waals surface area contributed by atoms with Crippen molar-refractivity contribution in [2.75, 3.05) is 13.1 Å². The van der Waals surface area contributed by atoms with Crippen LogP contribution in [0.15, 0.2) is 24.3 Å². The monoisotopic (exact) mass is 194 g/mol. The first-order valence-electron chi connectivity index (χ1n) is 4.98. The van der Waals surface area contributed by atoms with E-state index in [0.717, 1.165) is 18.7 Å². The number of rotatable bonds is 3. The minimum atomic E-state index is -0.164. The molecule has 0 spiro atoms. The van der Waals surface area contributed by atoms with Crippen molar-refractivity contribution >= 4 is 0 Å². The SMILES string of the molecule is C[C@@H](NC1CNC1)c1cccc(F)c1. The van der Waals surface area contributed by atoms with E-state index in [4.69, 9.17) is 0 Å². The van der Waals surface area contributed by atoms with Gasteiger partial charge in [-0.15, -0.1) is 0 Å². The van der Waals surface area contributed by atoms with Gasteiger partial charge in [0.1, 0.15) is 5.82 Å². The average molecular weight is 194 g/mol. The maximum Gasteiger partial charge on any atom is 0.123 e. The second-order valence-electron chi connectivity index (χ2n) is 3.80. The highest BCUT2D eigenvalue weighted by atomic mass is 19.1. The molecule has 76 valence electrons. The lowest BCUT2D eigenvalue weighted by atomic mass is 10.1. The summed E-state index contributed by atoms with van der Waals surface area (Å²) in [4.78, 5) is 0. The second-order valence-corrected chi connectivity index (χ2v) is 3.80. The molecule has 3 heteroatoms. The summed E-state index contributed by atoms with van der Waals surface area (Å²) < 4.78 is 12.9. The molecule has 0 amide bonds. The van der Waals surface area contributed by atoms with Crippen molar-refractivity contribution in [3.8, 4) is 0 Å². The highest BCUT2D eigenvalue weighted by Gasteiger charge is 2.18. The van der Waals surface area contributed by atoms with Crippen molar-refractivity contribution in [1.29, 1.82) is 0 Å². The Labute approximate surface area is 83.5 Å². The Morgan fingerprint density at radius 2 is 2.29 bits per heavy atom. The number of benzene rings is 1. The molecule has 2 rings (SSSR count). The van der Waals surface area contributed by atoms with Crippen LogP contribution >= 0.6 is 0 Å². The molecule has 1 atom stereocenters. The van der Waals surface area contributed by atoms with Gasteiger partial charge in [0.2, 0.25) is 0 Å². The Hall–Kier alpha value is -0.930. The number of halogens is 1. The fourth-order valence-electron chi connectivity index (χ4n) is 1.63. The first-order valence-corrected chi connectivity index (χ1v) is 4.98. The zero-order valence-corrected chi connectivity index (χ0v) is 8.26. The van der Waals surface area contributed by atoms with E-state index < -0.39 is 0 Å². The molecular formula is C11H15FN2. The molecule has 0 aliphatic carbocycles. The Bertz CT molecular complexity index is 310. The van der Waals surface area contributed by atoms with Crippen LogP contribution in [0.1, 0.15) is 18.5 Å². The summed E-state index contributed by atoms with van der Waals surface area (Å²) in [5, 5.41) is 6.62. The van der Waals surface area contributed by atoms with Gasteiger partial charge in [0, 0.05) is 25.2 Å². The van der Waals surface area contributed by atoms with Gasteiger partial charge in [0.05, 0.1) is 0 Å². The standard InChI is InChI=1S/C11H15FN2/c1-8(14-11-6-13-7-11)9-3-2-4-10(12)5-9/h2-5,8,11,13-14H,6-7H2,1H3/t8-/m1/s1. The Balaban J connectivity index is 1.98. The lowest BCUT2D eigenvalue weighted by Gasteiger charge is -2.31. The van der Waals surface area contributed by atoms with Crippen molar-refractivity contribution in [2.45, 2.75) is 19.0 Å². The molecule has 0 bridgehead atoms. The Kier molecular flexibility index (Phi) is 2.79. The van der Waals surface area contributed by atoms with Gasteiger partial charge in [-0.3, -0.25) is 0 Å². The van der Waals surface area contributed by atoms with Crippen LogP contribution in [0.3, 0.4) is 0 Å². The van der Waals surface area contributed by atoms with E-state index in [2.05, 4.69) is 17.6 Å². The third-order valence-corrected chi connectivity index (χ3v) is 2.62. The molecule has 0 radical (unpaired) electrons. The minimum Gasteiger partial charge on any atom is -0.314 e. The van der Waals surface area contributed by atoms with Crippen molar-refractivity contribution in [3.63, 3.8) is 0 Å². The zero-order valence-electron chi connectivity index (χ0n) is 8.26. The second kappa shape index (κ2) is 4.07. The molecule has 1 aromatic rings. The van der Waals surface area contributed by atoms with Crippen LogP contribution in [0.2, 0.25) is 0 Å². The average Bonchev–Trinajstić information content (AvgIpc) is 2.11. The van der Waals surface area contributed by atoms with E-state index in [1.165, 1.54) is 6.07 Å². The first-order chi connectivity index (χ1) is 6.75. The summed E-state index contributed by atoms with van der Waals surface area (Å²) in [6, 6.07) is 7.52. The van der Waals surface area contributed by atoms with Crippen molar-refractivity contribution in [2.24, 2.45) is 0 Å². The normalized spacial score (nSPS) is 19.0.